The zero-order valence-electron chi connectivity index (χ0n) is 8.03. The Hall–Kier alpha value is -2.44. The number of aromatic nitrogens is 3. The smallest absolute Gasteiger partial charge is 0.354 e. The summed E-state index contributed by atoms with van der Waals surface area (Å²) in [5, 5.41) is 12.2. The van der Waals surface area contributed by atoms with Gasteiger partial charge in [0.2, 0.25) is 12.2 Å². The van der Waals surface area contributed by atoms with Crippen molar-refractivity contribution in [3.63, 3.8) is 0 Å². The molecule has 0 spiro atoms. The molecule has 7 heteroatoms. The van der Waals surface area contributed by atoms with Crippen LogP contribution in [0.25, 0.3) is 0 Å². The zero-order chi connectivity index (χ0) is 11.4. The summed E-state index contributed by atoms with van der Waals surface area (Å²) in [5.74, 6) is -0.234. The molecular weight excluding hydrogens is 214 g/mol. The summed E-state index contributed by atoms with van der Waals surface area (Å²) >= 11 is 0. The van der Waals surface area contributed by atoms with Gasteiger partial charge in [0.25, 0.3) is 0 Å². The molecule has 0 radical (unpaired) electrons. The molecule has 0 atom stereocenters. The van der Waals surface area contributed by atoms with Crippen molar-refractivity contribution in [2.75, 3.05) is 0 Å². The quantitative estimate of drug-likeness (QED) is 0.812. The normalized spacial score (nSPS) is 10.0. The molecule has 0 saturated carbocycles. The van der Waals surface area contributed by atoms with Gasteiger partial charge in [0, 0.05) is 0 Å². The van der Waals surface area contributed by atoms with E-state index >= 15 is 0 Å². The summed E-state index contributed by atoms with van der Waals surface area (Å²) in [5.41, 5.74) is -0.0353. The van der Waals surface area contributed by atoms with E-state index in [0.29, 0.717) is 11.6 Å². The maximum absolute atomic E-state index is 10.5. The fourth-order valence-electron chi connectivity index (χ4n) is 0.996. The number of rotatable bonds is 4. The highest BCUT2D eigenvalue weighted by atomic mass is 16.5. The second-order valence-corrected chi connectivity index (χ2v) is 2.82. The lowest BCUT2D eigenvalue weighted by atomic mass is 10.3. The van der Waals surface area contributed by atoms with Gasteiger partial charge in [-0.15, -0.1) is 0 Å². The summed E-state index contributed by atoms with van der Waals surface area (Å²) in [7, 11) is 0. The van der Waals surface area contributed by atoms with E-state index in [1.54, 1.807) is 0 Å². The third kappa shape index (κ3) is 2.32. The van der Waals surface area contributed by atoms with E-state index in [1.807, 2.05) is 0 Å². The molecule has 0 aliphatic heterocycles. The topological polar surface area (TPSA) is 98.3 Å². The monoisotopic (exact) mass is 221 g/mol. The van der Waals surface area contributed by atoms with E-state index in [1.165, 1.54) is 24.7 Å². The van der Waals surface area contributed by atoms with E-state index in [0.717, 1.165) is 0 Å². The SMILES string of the molecule is O=C(O)c1ccc(OCc2ncon2)cn1. The van der Waals surface area contributed by atoms with Crippen LogP contribution in [-0.2, 0) is 6.61 Å². The first kappa shape index (κ1) is 10.1. The molecular formula is C9H7N3O4. The molecule has 7 nitrogen and oxygen atoms in total. The number of carbonyl (C=O) groups is 1. The summed E-state index contributed by atoms with van der Waals surface area (Å²) in [6.07, 6.45) is 2.52. The molecule has 0 amide bonds. The van der Waals surface area contributed by atoms with E-state index < -0.39 is 5.97 Å². The van der Waals surface area contributed by atoms with E-state index in [2.05, 4.69) is 19.6 Å². The number of ether oxygens (including phenoxy) is 1. The van der Waals surface area contributed by atoms with Crippen molar-refractivity contribution >= 4 is 5.97 Å². The predicted molar refractivity (Wildman–Crippen MR) is 49.8 cm³/mol. The average Bonchev–Trinajstić information content (AvgIpc) is 2.80. The first-order chi connectivity index (χ1) is 7.75. The van der Waals surface area contributed by atoms with Gasteiger partial charge in [-0.3, -0.25) is 0 Å². The number of pyridine rings is 1. The van der Waals surface area contributed by atoms with Crippen LogP contribution in [0.4, 0.5) is 0 Å². The van der Waals surface area contributed by atoms with Gasteiger partial charge < -0.3 is 14.4 Å². The van der Waals surface area contributed by atoms with Gasteiger partial charge >= 0.3 is 5.97 Å². The first-order valence-electron chi connectivity index (χ1n) is 4.33. The fourth-order valence-corrected chi connectivity index (χ4v) is 0.996. The van der Waals surface area contributed by atoms with E-state index in [-0.39, 0.29) is 12.3 Å². The van der Waals surface area contributed by atoms with Crippen LogP contribution in [0.2, 0.25) is 0 Å². The summed E-state index contributed by atoms with van der Waals surface area (Å²) in [6.45, 7) is 0.143. The minimum atomic E-state index is -1.08. The molecule has 16 heavy (non-hydrogen) atoms. The van der Waals surface area contributed by atoms with Gasteiger partial charge in [-0.1, -0.05) is 5.16 Å². The number of carboxylic acid groups (broad SMARTS) is 1. The summed E-state index contributed by atoms with van der Waals surface area (Å²) in [6, 6.07) is 2.87. The third-order valence-corrected chi connectivity index (χ3v) is 1.73. The number of nitrogens with zero attached hydrogens (tertiary/aromatic N) is 3. The van der Waals surface area contributed by atoms with Crippen molar-refractivity contribution in [1.29, 1.82) is 0 Å². The van der Waals surface area contributed by atoms with Gasteiger partial charge in [-0.2, -0.15) is 4.98 Å². The van der Waals surface area contributed by atoms with Crippen molar-refractivity contribution < 1.29 is 19.2 Å². The Balaban J connectivity index is 1.98. The Morgan fingerprint density at radius 1 is 1.44 bits per heavy atom. The maximum atomic E-state index is 10.5. The van der Waals surface area contributed by atoms with Crippen LogP contribution in [0.15, 0.2) is 29.2 Å². The Kier molecular flexibility index (Phi) is 2.77. The molecule has 1 N–H and O–H groups in total. The highest BCUT2D eigenvalue weighted by Crippen LogP contribution is 2.10. The van der Waals surface area contributed by atoms with Crippen molar-refractivity contribution in [2.24, 2.45) is 0 Å². The molecule has 0 aromatic carbocycles. The largest absolute Gasteiger partial charge is 0.484 e. The lowest BCUT2D eigenvalue weighted by Gasteiger charge is -2.02. The standard InChI is InChI=1S/C9H7N3O4/c13-9(14)7-2-1-6(3-10-7)15-4-8-11-5-16-12-8/h1-3,5H,4H2,(H,13,14). The van der Waals surface area contributed by atoms with Gasteiger partial charge in [0.15, 0.2) is 6.61 Å². The molecule has 2 aromatic heterocycles. The van der Waals surface area contributed by atoms with Crippen LogP contribution in [0.1, 0.15) is 16.3 Å². The van der Waals surface area contributed by atoms with Crippen LogP contribution in [0.5, 0.6) is 5.75 Å². The molecule has 2 rings (SSSR count). The molecule has 0 aliphatic carbocycles. The van der Waals surface area contributed by atoms with Crippen LogP contribution < -0.4 is 4.74 Å². The Morgan fingerprint density at radius 3 is 2.88 bits per heavy atom. The van der Waals surface area contributed by atoms with E-state index in [4.69, 9.17) is 9.84 Å². The Bertz CT molecular complexity index is 466. The van der Waals surface area contributed by atoms with Gasteiger partial charge in [0.1, 0.15) is 11.4 Å². The Labute approximate surface area is 89.7 Å². The molecule has 2 heterocycles. The minimum Gasteiger partial charge on any atom is -0.484 e. The number of hydrogen-bond donors (Lipinski definition) is 1. The van der Waals surface area contributed by atoms with E-state index in [9.17, 15) is 4.79 Å². The number of aromatic carboxylic acids is 1. The molecule has 0 fully saturated rings. The predicted octanol–water partition coefficient (Wildman–Crippen LogP) is 0.742. The number of hydrogen-bond acceptors (Lipinski definition) is 6. The highest BCUT2D eigenvalue weighted by molar-refractivity contribution is 5.85. The Morgan fingerprint density at radius 2 is 2.31 bits per heavy atom. The van der Waals surface area contributed by atoms with Gasteiger partial charge in [-0.25, -0.2) is 9.78 Å². The third-order valence-electron chi connectivity index (χ3n) is 1.73. The molecule has 82 valence electrons. The lowest BCUT2D eigenvalue weighted by molar-refractivity contribution is 0.0690. The van der Waals surface area contributed by atoms with Crippen molar-refractivity contribution in [1.82, 2.24) is 15.1 Å². The maximum Gasteiger partial charge on any atom is 0.354 e. The second kappa shape index (κ2) is 4.39. The fraction of sp³-hybridized carbons (Fsp3) is 0.111. The van der Waals surface area contributed by atoms with Crippen molar-refractivity contribution in [3.05, 3.63) is 36.2 Å². The highest BCUT2D eigenvalue weighted by Gasteiger charge is 2.05. The summed E-state index contributed by atoms with van der Waals surface area (Å²) in [4.78, 5) is 18.0. The van der Waals surface area contributed by atoms with Crippen molar-refractivity contribution in [3.8, 4) is 5.75 Å². The molecule has 0 aliphatic rings. The second-order valence-electron chi connectivity index (χ2n) is 2.82. The molecule has 0 bridgehead atoms. The summed E-state index contributed by atoms with van der Waals surface area (Å²) < 4.78 is 9.76. The van der Waals surface area contributed by atoms with Crippen LogP contribution in [0.3, 0.4) is 0 Å². The molecule has 0 saturated heterocycles. The number of carboxylic acids is 1. The van der Waals surface area contributed by atoms with Gasteiger partial charge in [-0.05, 0) is 12.1 Å². The van der Waals surface area contributed by atoms with Gasteiger partial charge in [0.05, 0.1) is 6.20 Å². The molecule has 0 unspecified atom stereocenters. The zero-order valence-corrected chi connectivity index (χ0v) is 8.03. The van der Waals surface area contributed by atoms with Crippen molar-refractivity contribution in [2.45, 2.75) is 6.61 Å². The van der Waals surface area contributed by atoms with Crippen LogP contribution >= 0.6 is 0 Å². The average molecular weight is 221 g/mol. The van der Waals surface area contributed by atoms with Crippen LogP contribution in [0, 0.1) is 0 Å². The lowest BCUT2D eigenvalue weighted by Crippen LogP contribution is -2.01. The first-order valence-corrected chi connectivity index (χ1v) is 4.33. The van der Waals surface area contributed by atoms with Crippen LogP contribution in [-0.4, -0.2) is 26.2 Å². The minimum absolute atomic E-state index is 0.0353. The molecule has 2 aromatic rings.